The zero-order chi connectivity index (χ0) is 13.7. The van der Waals surface area contributed by atoms with Crippen LogP contribution in [0.1, 0.15) is 30.5 Å². The maximum absolute atomic E-state index is 13.0. The van der Waals surface area contributed by atoms with Crippen molar-refractivity contribution in [1.82, 2.24) is 0 Å². The summed E-state index contributed by atoms with van der Waals surface area (Å²) in [5, 5.41) is 0. The van der Waals surface area contributed by atoms with Crippen molar-refractivity contribution in [2.45, 2.75) is 26.0 Å². The molecule has 19 heavy (non-hydrogen) atoms. The van der Waals surface area contributed by atoms with Gasteiger partial charge in [-0.15, -0.1) is 0 Å². The standard InChI is InChI=1S/C16H18FNO/c1-2-16(18)13-6-8-15(9-7-13)19-11-12-4-3-5-14(17)10-12/h3-10,16H,2,11,18H2,1H3/t16-/m1/s1. The lowest BCUT2D eigenvalue weighted by Gasteiger charge is -2.11. The smallest absolute Gasteiger partial charge is 0.123 e. The second-order valence-corrected chi connectivity index (χ2v) is 4.50. The van der Waals surface area contributed by atoms with Gasteiger partial charge in [0.1, 0.15) is 18.2 Å². The summed E-state index contributed by atoms with van der Waals surface area (Å²) < 4.78 is 18.6. The number of hydrogen-bond donors (Lipinski definition) is 1. The van der Waals surface area contributed by atoms with Crippen LogP contribution in [0, 0.1) is 5.82 Å². The van der Waals surface area contributed by atoms with Crippen LogP contribution in [0.15, 0.2) is 48.5 Å². The summed E-state index contributed by atoms with van der Waals surface area (Å²) in [7, 11) is 0. The highest BCUT2D eigenvalue weighted by atomic mass is 19.1. The number of rotatable bonds is 5. The molecule has 3 heteroatoms. The third-order valence-corrected chi connectivity index (χ3v) is 3.04. The van der Waals surface area contributed by atoms with Crippen LogP contribution in [0.4, 0.5) is 4.39 Å². The molecule has 0 aliphatic rings. The van der Waals surface area contributed by atoms with Crippen LogP contribution in [0.5, 0.6) is 5.75 Å². The Labute approximate surface area is 113 Å². The van der Waals surface area contributed by atoms with Gasteiger partial charge in [0, 0.05) is 6.04 Å². The van der Waals surface area contributed by atoms with Crippen molar-refractivity contribution in [1.29, 1.82) is 0 Å². The van der Waals surface area contributed by atoms with E-state index in [1.807, 2.05) is 30.3 Å². The molecule has 0 saturated carbocycles. The highest BCUT2D eigenvalue weighted by molar-refractivity contribution is 5.29. The summed E-state index contributed by atoms with van der Waals surface area (Å²) >= 11 is 0. The van der Waals surface area contributed by atoms with E-state index in [9.17, 15) is 4.39 Å². The van der Waals surface area contributed by atoms with Crippen LogP contribution in [-0.2, 0) is 6.61 Å². The van der Waals surface area contributed by atoms with E-state index in [1.54, 1.807) is 6.07 Å². The number of halogens is 1. The molecule has 0 spiro atoms. The lowest BCUT2D eigenvalue weighted by atomic mass is 10.1. The molecule has 0 aliphatic heterocycles. The Hall–Kier alpha value is -1.87. The fourth-order valence-electron chi connectivity index (χ4n) is 1.84. The topological polar surface area (TPSA) is 35.2 Å². The van der Waals surface area contributed by atoms with Gasteiger partial charge in [0.2, 0.25) is 0 Å². The van der Waals surface area contributed by atoms with Crippen LogP contribution in [-0.4, -0.2) is 0 Å². The first-order valence-electron chi connectivity index (χ1n) is 6.42. The first-order valence-corrected chi connectivity index (χ1v) is 6.42. The second kappa shape index (κ2) is 6.34. The van der Waals surface area contributed by atoms with Gasteiger partial charge in [-0.05, 0) is 41.8 Å². The SMILES string of the molecule is CC[C@@H](N)c1ccc(OCc2cccc(F)c2)cc1. The lowest BCUT2D eigenvalue weighted by Crippen LogP contribution is -2.08. The number of ether oxygens (including phenoxy) is 1. The Kier molecular flexibility index (Phi) is 4.53. The molecule has 0 heterocycles. The van der Waals surface area contributed by atoms with E-state index in [0.717, 1.165) is 23.3 Å². The molecule has 2 N–H and O–H groups in total. The van der Waals surface area contributed by atoms with Crippen molar-refractivity contribution in [3.63, 3.8) is 0 Å². The van der Waals surface area contributed by atoms with Gasteiger partial charge in [-0.1, -0.05) is 31.2 Å². The molecule has 1 atom stereocenters. The van der Waals surface area contributed by atoms with Gasteiger partial charge < -0.3 is 10.5 Å². The fourth-order valence-corrected chi connectivity index (χ4v) is 1.84. The molecular weight excluding hydrogens is 241 g/mol. The summed E-state index contributed by atoms with van der Waals surface area (Å²) in [5.74, 6) is 0.515. The van der Waals surface area contributed by atoms with Crippen molar-refractivity contribution in [3.8, 4) is 5.75 Å². The van der Waals surface area contributed by atoms with E-state index in [4.69, 9.17) is 10.5 Å². The van der Waals surface area contributed by atoms with Gasteiger partial charge in [0.25, 0.3) is 0 Å². The van der Waals surface area contributed by atoms with Gasteiger partial charge in [-0.3, -0.25) is 0 Å². The molecule has 0 unspecified atom stereocenters. The molecule has 100 valence electrons. The first-order chi connectivity index (χ1) is 9.19. The van der Waals surface area contributed by atoms with E-state index >= 15 is 0 Å². The Morgan fingerprint density at radius 1 is 1.16 bits per heavy atom. The van der Waals surface area contributed by atoms with Crippen LogP contribution >= 0.6 is 0 Å². The minimum absolute atomic E-state index is 0.0669. The fraction of sp³-hybridized carbons (Fsp3) is 0.250. The van der Waals surface area contributed by atoms with Crippen LogP contribution in [0.25, 0.3) is 0 Å². The van der Waals surface area contributed by atoms with E-state index in [0.29, 0.717) is 6.61 Å². The van der Waals surface area contributed by atoms with E-state index < -0.39 is 0 Å². The summed E-state index contributed by atoms with van der Waals surface area (Å²) in [6.45, 7) is 2.41. The molecule has 0 saturated heterocycles. The van der Waals surface area contributed by atoms with Gasteiger partial charge >= 0.3 is 0 Å². The third kappa shape index (κ3) is 3.80. The highest BCUT2D eigenvalue weighted by Crippen LogP contribution is 2.19. The molecule has 0 aromatic heterocycles. The molecular formula is C16H18FNO. The summed E-state index contributed by atoms with van der Waals surface area (Å²) in [6, 6.07) is 14.2. The number of nitrogens with two attached hydrogens (primary N) is 1. The van der Waals surface area contributed by atoms with E-state index in [2.05, 4.69) is 6.92 Å². The van der Waals surface area contributed by atoms with Gasteiger partial charge in [0.15, 0.2) is 0 Å². The molecule has 2 aromatic rings. The van der Waals surface area contributed by atoms with Crippen molar-refractivity contribution in [2.24, 2.45) is 5.73 Å². The largest absolute Gasteiger partial charge is 0.489 e. The maximum atomic E-state index is 13.0. The molecule has 0 radical (unpaired) electrons. The average molecular weight is 259 g/mol. The summed E-state index contributed by atoms with van der Waals surface area (Å²) in [4.78, 5) is 0. The van der Waals surface area contributed by atoms with E-state index in [1.165, 1.54) is 12.1 Å². The van der Waals surface area contributed by atoms with Gasteiger partial charge in [-0.2, -0.15) is 0 Å². The van der Waals surface area contributed by atoms with Gasteiger partial charge in [0.05, 0.1) is 0 Å². The van der Waals surface area contributed by atoms with Crippen LogP contribution in [0.2, 0.25) is 0 Å². The molecule has 2 aromatic carbocycles. The maximum Gasteiger partial charge on any atom is 0.123 e. The first kappa shape index (κ1) is 13.6. The normalized spacial score (nSPS) is 12.2. The Balaban J connectivity index is 1.96. The number of hydrogen-bond acceptors (Lipinski definition) is 2. The van der Waals surface area contributed by atoms with Crippen LogP contribution in [0.3, 0.4) is 0 Å². The van der Waals surface area contributed by atoms with Crippen molar-refractivity contribution in [2.75, 3.05) is 0 Å². The zero-order valence-electron chi connectivity index (χ0n) is 11.0. The molecule has 2 rings (SSSR count). The monoisotopic (exact) mass is 259 g/mol. The third-order valence-electron chi connectivity index (χ3n) is 3.04. The predicted octanol–water partition coefficient (Wildman–Crippen LogP) is 3.81. The van der Waals surface area contributed by atoms with Crippen molar-refractivity contribution < 1.29 is 9.13 Å². The predicted molar refractivity (Wildman–Crippen MR) is 74.4 cm³/mol. The minimum Gasteiger partial charge on any atom is -0.489 e. The van der Waals surface area contributed by atoms with Gasteiger partial charge in [-0.25, -0.2) is 4.39 Å². The highest BCUT2D eigenvalue weighted by Gasteiger charge is 2.03. The van der Waals surface area contributed by atoms with Crippen molar-refractivity contribution in [3.05, 3.63) is 65.5 Å². The van der Waals surface area contributed by atoms with Crippen molar-refractivity contribution >= 4 is 0 Å². The molecule has 2 nitrogen and oxygen atoms in total. The minimum atomic E-state index is -0.245. The average Bonchev–Trinajstić information content (AvgIpc) is 2.45. The molecule has 0 fully saturated rings. The Morgan fingerprint density at radius 3 is 2.53 bits per heavy atom. The second-order valence-electron chi connectivity index (χ2n) is 4.50. The Morgan fingerprint density at radius 2 is 1.89 bits per heavy atom. The quantitative estimate of drug-likeness (QED) is 0.886. The van der Waals surface area contributed by atoms with Crippen LogP contribution < -0.4 is 10.5 Å². The Bertz CT molecular complexity index is 525. The molecule has 0 bridgehead atoms. The molecule has 0 aliphatic carbocycles. The summed E-state index contributed by atoms with van der Waals surface area (Å²) in [5.41, 5.74) is 7.86. The van der Waals surface area contributed by atoms with E-state index in [-0.39, 0.29) is 11.9 Å². The zero-order valence-corrected chi connectivity index (χ0v) is 11.0. The summed E-state index contributed by atoms with van der Waals surface area (Å²) in [6.07, 6.45) is 0.906. The molecule has 0 amide bonds. The number of benzene rings is 2. The lowest BCUT2D eigenvalue weighted by molar-refractivity contribution is 0.305.